The molecule has 0 radical (unpaired) electrons. The standard InChI is InChI=1S/C24H18BrClN2O4/c1-2-31-23-12-17(11-18(14-27)20-8-3-4-9-22(20)26)21(25)13-24(23)32-15-16-6-5-7-19(10-16)28(29)30/h3-13H,2,15H2,1H3. The molecule has 0 atom stereocenters. The van der Waals surface area contributed by atoms with Gasteiger partial charge in [-0.25, -0.2) is 0 Å². The summed E-state index contributed by atoms with van der Waals surface area (Å²) in [6.07, 6.45) is 1.72. The summed E-state index contributed by atoms with van der Waals surface area (Å²) < 4.78 is 12.3. The summed E-state index contributed by atoms with van der Waals surface area (Å²) in [6.45, 7) is 2.40. The fraction of sp³-hybridized carbons (Fsp3) is 0.125. The van der Waals surface area contributed by atoms with Crippen LogP contribution < -0.4 is 9.47 Å². The molecular formula is C24H18BrClN2O4. The van der Waals surface area contributed by atoms with E-state index < -0.39 is 4.92 Å². The maximum Gasteiger partial charge on any atom is 0.269 e. The Kier molecular flexibility index (Phi) is 7.87. The number of nitriles is 1. The fourth-order valence-corrected chi connectivity index (χ4v) is 3.64. The van der Waals surface area contributed by atoms with Crippen molar-refractivity contribution < 1.29 is 14.4 Å². The van der Waals surface area contributed by atoms with Crippen LogP contribution in [0.15, 0.2) is 65.1 Å². The molecule has 0 aliphatic carbocycles. The van der Waals surface area contributed by atoms with E-state index in [1.165, 1.54) is 12.1 Å². The highest BCUT2D eigenvalue weighted by molar-refractivity contribution is 9.10. The minimum Gasteiger partial charge on any atom is -0.490 e. The summed E-state index contributed by atoms with van der Waals surface area (Å²) in [6, 6.07) is 19.1. The van der Waals surface area contributed by atoms with Crippen molar-refractivity contribution >= 4 is 44.9 Å². The van der Waals surface area contributed by atoms with Gasteiger partial charge in [0.1, 0.15) is 6.61 Å². The van der Waals surface area contributed by atoms with E-state index in [4.69, 9.17) is 21.1 Å². The van der Waals surface area contributed by atoms with E-state index >= 15 is 0 Å². The smallest absolute Gasteiger partial charge is 0.269 e. The van der Waals surface area contributed by atoms with Crippen LogP contribution in [0.3, 0.4) is 0 Å². The Bertz CT molecular complexity index is 1220. The number of ether oxygens (including phenoxy) is 2. The van der Waals surface area contributed by atoms with E-state index in [9.17, 15) is 15.4 Å². The molecule has 0 spiro atoms. The van der Waals surface area contributed by atoms with Crippen LogP contribution in [-0.4, -0.2) is 11.5 Å². The number of allylic oxidation sites excluding steroid dienone is 1. The van der Waals surface area contributed by atoms with Crippen molar-refractivity contribution in [2.45, 2.75) is 13.5 Å². The number of benzene rings is 3. The predicted octanol–water partition coefficient (Wildman–Crippen LogP) is 7.05. The quantitative estimate of drug-likeness (QED) is 0.139. The molecule has 0 heterocycles. The fourth-order valence-electron chi connectivity index (χ4n) is 2.97. The van der Waals surface area contributed by atoms with E-state index in [-0.39, 0.29) is 12.3 Å². The summed E-state index contributed by atoms with van der Waals surface area (Å²) >= 11 is 9.78. The number of nitro benzene ring substituents is 1. The molecule has 32 heavy (non-hydrogen) atoms. The second-order valence-corrected chi connectivity index (χ2v) is 7.88. The van der Waals surface area contributed by atoms with Crippen molar-refractivity contribution in [2.24, 2.45) is 0 Å². The van der Waals surface area contributed by atoms with E-state index in [0.29, 0.717) is 49.9 Å². The summed E-state index contributed by atoms with van der Waals surface area (Å²) in [4.78, 5) is 10.5. The SMILES string of the molecule is CCOc1cc(C=C(C#N)c2ccccc2Cl)c(Br)cc1OCc1cccc([N+](=O)[O-])c1. The van der Waals surface area contributed by atoms with Crippen molar-refractivity contribution in [3.8, 4) is 17.6 Å². The van der Waals surface area contributed by atoms with Gasteiger partial charge in [0, 0.05) is 27.2 Å². The first-order chi connectivity index (χ1) is 15.4. The number of hydrogen-bond acceptors (Lipinski definition) is 5. The lowest BCUT2D eigenvalue weighted by molar-refractivity contribution is -0.384. The average Bonchev–Trinajstić information content (AvgIpc) is 2.79. The van der Waals surface area contributed by atoms with Crippen molar-refractivity contribution in [1.29, 1.82) is 5.26 Å². The normalized spacial score (nSPS) is 11.0. The molecule has 6 nitrogen and oxygen atoms in total. The second-order valence-electron chi connectivity index (χ2n) is 6.62. The Morgan fingerprint density at radius 2 is 1.91 bits per heavy atom. The molecule has 0 aromatic heterocycles. The minimum absolute atomic E-state index is 0.00130. The molecule has 0 unspecified atom stereocenters. The highest BCUT2D eigenvalue weighted by Gasteiger charge is 2.13. The van der Waals surface area contributed by atoms with E-state index in [1.54, 1.807) is 48.5 Å². The van der Waals surface area contributed by atoms with Gasteiger partial charge in [-0.05, 0) is 42.3 Å². The molecule has 0 amide bonds. The summed E-state index contributed by atoms with van der Waals surface area (Å²) in [7, 11) is 0. The lowest BCUT2D eigenvalue weighted by Gasteiger charge is -2.14. The molecule has 0 fully saturated rings. The van der Waals surface area contributed by atoms with Crippen LogP contribution >= 0.6 is 27.5 Å². The Morgan fingerprint density at radius 3 is 2.59 bits per heavy atom. The van der Waals surface area contributed by atoms with Crippen LogP contribution in [0.5, 0.6) is 11.5 Å². The van der Waals surface area contributed by atoms with Crippen molar-refractivity contribution in [1.82, 2.24) is 0 Å². The zero-order chi connectivity index (χ0) is 23.1. The molecule has 162 valence electrons. The Morgan fingerprint density at radius 1 is 1.16 bits per heavy atom. The lowest BCUT2D eigenvalue weighted by atomic mass is 10.0. The van der Waals surface area contributed by atoms with Gasteiger partial charge in [0.05, 0.1) is 23.2 Å². The summed E-state index contributed by atoms with van der Waals surface area (Å²) in [5, 5.41) is 21.1. The second kappa shape index (κ2) is 10.8. The van der Waals surface area contributed by atoms with Gasteiger partial charge in [-0.3, -0.25) is 10.1 Å². The van der Waals surface area contributed by atoms with Gasteiger partial charge >= 0.3 is 0 Å². The maximum atomic E-state index is 11.0. The predicted molar refractivity (Wildman–Crippen MR) is 128 cm³/mol. The topological polar surface area (TPSA) is 85.4 Å². The molecular weight excluding hydrogens is 496 g/mol. The molecule has 3 rings (SSSR count). The average molecular weight is 514 g/mol. The molecule has 8 heteroatoms. The van der Waals surface area contributed by atoms with Crippen LogP contribution in [0.25, 0.3) is 11.6 Å². The number of nitrogens with zero attached hydrogens (tertiary/aromatic N) is 2. The monoisotopic (exact) mass is 512 g/mol. The Hall–Kier alpha value is -3.34. The third-order valence-electron chi connectivity index (χ3n) is 4.46. The van der Waals surface area contributed by atoms with Crippen molar-refractivity contribution in [3.05, 3.63) is 97.0 Å². The Balaban J connectivity index is 1.92. The third-order valence-corrected chi connectivity index (χ3v) is 5.48. The summed E-state index contributed by atoms with van der Waals surface area (Å²) in [5.74, 6) is 0.961. The van der Waals surface area contributed by atoms with E-state index in [2.05, 4.69) is 22.0 Å². The molecule has 0 N–H and O–H groups in total. The van der Waals surface area contributed by atoms with Gasteiger partial charge in [0.2, 0.25) is 0 Å². The van der Waals surface area contributed by atoms with Crippen LogP contribution in [0.2, 0.25) is 5.02 Å². The lowest BCUT2D eigenvalue weighted by Crippen LogP contribution is -2.01. The van der Waals surface area contributed by atoms with Crippen LogP contribution in [0, 0.1) is 21.4 Å². The van der Waals surface area contributed by atoms with Gasteiger partial charge in [-0.1, -0.05) is 57.9 Å². The molecule has 3 aromatic carbocycles. The number of rotatable bonds is 8. The van der Waals surface area contributed by atoms with Crippen LogP contribution in [0.1, 0.15) is 23.6 Å². The molecule has 3 aromatic rings. The first-order valence-corrected chi connectivity index (χ1v) is 10.8. The molecule has 0 aliphatic rings. The van der Waals surface area contributed by atoms with Gasteiger partial charge in [0.25, 0.3) is 5.69 Å². The molecule has 0 saturated heterocycles. The number of hydrogen-bond donors (Lipinski definition) is 0. The number of non-ortho nitro benzene ring substituents is 1. The third kappa shape index (κ3) is 5.67. The van der Waals surface area contributed by atoms with Crippen LogP contribution in [0.4, 0.5) is 5.69 Å². The zero-order valence-corrected chi connectivity index (χ0v) is 19.4. The van der Waals surface area contributed by atoms with Gasteiger partial charge < -0.3 is 9.47 Å². The summed E-state index contributed by atoms with van der Waals surface area (Å²) in [5.41, 5.74) is 2.41. The van der Waals surface area contributed by atoms with Gasteiger partial charge in [-0.15, -0.1) is 0 Å². The molecule has 0 bridgehead atoms. The molecule has 0 saturated carbocycles. The first kappa shape index (κ1) is 23.3. The maximum absolute atomic E-state index is 11.0. The Labute approximate surface area is 198 Å². The van der Waals surface area contributed by atoms with E-state index in [1.807, 2.05) is 13.0 Å². The minimum atomic E-state index is -0.446. The molecule has 0 aliphatic heterocycles. The highest BCUT2D eigenvalue weighted by atomic mass is 79.9. The zero-order valence-electron chi connectivity index (χ0n) is 17.0. The van der Waals surface area contributed by atoms with Crippen molar-refractivity contribution in [2.75, 3.05) is 6.61 Å². The van der Waals surface area contributed by atoms with Gasteiger partial charge in [-0.2, -0.15) is 5.26 Å². The first-order valence-electron chi connectivity index (χ1n) is 9.62. The van der Waals surface area contributed by atoms with Gasteiger partial charge in [0.15, 0.2) is 11.5 Å². The number of halogens is 2. The largest absolute Gasteiger partial charge is 0.490 e. The van der Waals surface area contributed by atoms with Crippen molar-refractivity contribution in [3.63, 3.8) is 0 Å². The van der Waals surface area contributed by atoms with E-state index in [0.717, 1.165) is 0 Å². The van der Waals surface area contributed by atoms with Crippen LogP contribution in [-0.2, 0) is 6.61 Å². The number of nitro groups is 1. The highest BCUT2D eigenvalue weighted by Crippen LogP contribution is 2.36.